The first-order valence-electron chi connectivity index (χ1n) is 7.48. The molecule has 3 aromatic heterocycles. The first kappa shape index (κ1) is 14.6. The van der Waals surface area contributed by atoms with E-state index in [0.717, 1.165) is 22.0 Å². The molecule has 0 spiro atoms. The van der Waals surface area contributed by atoms with Crippen LogP contribution in [0.4, 0.5) is 5.69 Å². The van der Waals surface area contributed by atoms with Crippen LogP contribution in [0.1, 0.15) is 16.2 Å². The van der Waals surface area contributed by atoms with Gasteiger partial charge in [0.05, 0.1) is 4.88 Å². The van der Waals surface area contributed by atoms with Gasteiger partial charge in [-0.15, -0.1) is 11.3 Å². The number of amides is 1. The summed E-state index contributed by atoms with van der Waals surface area (Å²) in [5, 5.41) is 9.44. The number of nitrogens with one attached hydrogen (secondary N) is 1. The molecule has 5 nitrogen and oxygen atoms in total. The maximum Gasteiger partial charge on any atom is 0.274 e. The number of rotatable bonds is 3. The Balaban J connectivity index is 1.70. The van der Waals surface area contributed by atoms with E-state index in [4.69, 9.17) is 0 Å². The van der Waals surface area contributed by atoms with Gasteiger partial charge < -0.3 is 5.32 Å². The fraction of sp³-hybridized carbons (Fsp3) is 0.0556. The fourth-order valence-electron chi connectivity index (χ4n) is 2.50. The third-order valence-electron chi connectivity index (χ3n) is 3.64. The van der Waals surface area contributed by atoms with Crippen LogP contribution in [-0.2, 0) is 0 Å². The Labute approximate surface area is 142 Å². The van der Waals surface area contributed by atoms with Crippen LogP contribution in [0.5, 0.6) is 0 Å². The molecule has 0 aliphatic heterocycles. The zero-order valence-electron chi connectivity index (χ0n) is 12.9. The molecule has 3 heterocycles. The molecule has 0 aliphatic carbocycles. The summed E-state index contributed by atoms with van der Waals surface area (Å²) in [6.07, 6.45) is 0. The van der Waals surface area contributed by atoms with E-state index < -0.39 is 0 Å². The minimum Gasteiger partial charge on any atom is -0.321 e. The summed E-state index contributed by atoms with van der Waals surface area (Å²) in [5.41, 5.74) is 3.51. The molecule has 4 rings (SSSR count). The molecule has 0 bridgehead atoms. The first-order chi connectivity index (χ1) is 11.7. The Hall–Kier alpha value is -2.99. The van der Waals surface area contributed by atoms with Gasteiger partial charge in [-0.05, 0) is 36.6 Å². The molecular formula is C18H14N4OS. The highest BCUT2D eigenvalue weighted by Crippen LogP contribution is 2.24. The number of anilines is 1. The number of fused-ring (bicyclic) bond motifs is 1. The normalized spacial score (nSPS) is 10.9. The number of hydrogen-bond acceptors (Lipinski definition) is 4. The van der Waals surface area contributed by atoms with E-state index >= 15 is 0 Å². The third kappa shape index (κ3) is 2.68. The van der Waals surface area contributed by atoms with Gasteiger partial charge in [0, 0.05) is 17.4 Å². The molecule has 1 aromatic carbocycles. The summed E-state index contributed by atoms with van der Waals surface area (Å²) in [4.78, 5) is 18.0. The summed E-state index contributed by atoms with van der Waals surface area (Å²) in [7, 11) is 0. The molecule has 0 radical (unpaired) electrons. The number of thiophene rings is 1. The van der Waals surface area contributed by atoms with Gasteiger partial charge in [0.25, 0.3) is 5.91 Å². The van der Waals surface area contributed by atoms with Crippen molar-refractivity contribution in [1.29, 1.82) is 0 Å². The molecule has 1 amide bonds. The average molecular weight is 334 g/mol. The summed E-state index contributed by atoms with van der Waals surface area (Å²) in [5.74, 6) is -0.231. The van der Waals surface area contributed by atoms with Crippen molar-refractivity contribution in [2.45, 2.75) is 6.92 Å². The van der Waals surface area contributed by atoms with Gasteiger partial charge in [0.1, 0.15) is 11.4 Å². The van der Waals surface area contributed by atoms with Crippen molar-refractivity contribution in [3.05, 3.63) is 71.4 Å². The highest BCUT2D eigenvalue weighted by atomic mass is 32.1. The summed E-state index contributed by atoms with van der Waals surface area (Å²) >= 11 is 1.63. The van der Waals surface area contributed by atoms with Gasteiger partial charge in [-0.25, -0.2) is 9.50 Å². The number of aromatic nitrogens is 3. The Bertz CT molecular complexity index is 1010. The largest absolute Gasteiger partial charge is 0.321 e. The van der Waals surface area contributed by atoms with Gasteiger partial charge in [-0.3, -0.25) is 4.79 Å². The van der Waals surface area contributed by atoms with E-state index in [1.54, 1.807) is 21.9 Å². The lowest BCUT2D eigenvalue weighted by molar-refractivity contribution is 0.102. The quantitative estimate of drug-likeness (QED) is 0.615. The molecule has 0 unspecified atom stereocenters. The van der Waals surface area contributed by atoms with E-state index in [1.165, 1.54) is 0 Å². The number of nitrogens with zero attached hydrogens (tertiary/aromatic N) is 3. The van der Waals surface area contributed by atoms with E-state index in [2.05, 4.69) is 15.4 Å². The molecule has 0 atom stereocenters. The highest BCUT2D eigenvalue weighted by molar-refractivity contribution is 7.13. The van der Waals surface area contributed by atoms with Crippen LogP contribution < -0.4 is 5.32 Å². The SMILES string of the molecule is Cc1cc(C(=O)Nc2ccccc2)nc2cc(-c3cccs3)nn12. The van der Waals surface area contributed by atoms with Gasteiger partial charge >= 0.3 is 0 Å². The highest BCUT2D eigenvalue weighted by Gasteiger charge is 2.13. The van der Waals surface area contributed by atoms with Crippen molar-refractivity contribution in [2.24, 2.45) is 0 Å². The number of benzene rings is 1. The maximum absolute atomic E-state index is 12.4. The number of hydrogen-bond donors (Lipinski definition) is 1. The van der Waals surface area contributed by atoms with Gasteiger partial charge in [-0.1, -0.05) is 24.3 Å². The lowest BCUT2D eigenvalue weighted by atomic mass is 10.3. The van der Waals surface area contributed by atoms with Gasteiger partial charge in [-0.2, -0.15) is 5.10 Å². The monoisotopic (exact) mass is 334 g/mol. The van der Waals surface area contributed by atoms with Crippen LogP contribution in [0.3, 0.4) is 0 Å². The lowest BCUT2D eigenvalue weighted by Crippen LogP contribution is -2.15. The second-order valence-electron chi connectivity index (χ2n) is 5.38. The van der Waals surface area contributed by atoms with Crippen molar-refractivity contribution in [3.8, 4) is 10.6 Å². The van der Waals surface area contributed by atoms with Crippen LogP contribution >= 0.6 is 11.3 Å². The molecule has 1 N–H and O–H groups in total. The smallest absolute Gasteiger partial charge is 0.274 e. The van der Waals surface area contributed by atoms with Crippen molar-refractivity contribution >= 4 is 28.6 Å². The zero-order chi connectivity index (χ0) is 16.5. The van der Waals surface area contributed by atoms with E-state index in [9.17, 15) is 4.79 Å². The molecule has 6 heteroatoms. The Kier molecular flexibility index (Phi) is 3.59. The van der Waals surface area contributed by atoms with Crippen LogP contribution in [0.15, 0.2) is 60.0 Å². The fourth-order valence-corrected chi connectivity index (χ4v) is 3.18. The zero-order valence-corrected chi connectivity index (χ0v) is 13.7. The standard InChI is InChI=1S/C18H14N4OS/c1-12-10-15(18(23)19-13-6-3-2-4-7-13)20-17-11-14(21-22(12)17)16-8-5-9-24-16/h2-11H,1H3,(H,19,23). The molecule has 4 aromatic rings. The second-order valence-corrected chi connectivity index (χ2v) is 6.33. The van der Waals surface area contributed by atoms with Crippen LogP contribution in [0, 0.1) is 6.92 Å². The average Bonchev–Trinajstić information content (AvgIpc) is 3.25. The third-order valence-corrected chi connectivity index (χ3v) is 4.54. The number of carbonyl (C=O) groups excluding carboxylic acids is 1. The molecular weight excluding hydrogens is 320 g/mol. The van der Waals surface area contributed by atoms with E-state index in [-0.39, 0.29) is 5.91 Å². The molecule has 0 aliphatic rings. The maximum atomic E-state index is 12.4. The van der Waals surface area contributed by atoms with Crippen LogP contribution in [0.25, 0.3) is 16.2 Å². The summed E-state index contributed by atoms with van der Waals surface area (Å²) in [6, 6.07) is 17.0. The number of para-hydroxylation sites is 1. The minimum absolute atomic E-state index is 0.231. The van der Waals surface area contributed by atoms with E-state index in [1.807, 2.05) is 60.8 Å². The predicted molar refractivity (Wildman–Crippen MR) is 95.4 cm³/mol. The summed E-state index contributed by atoms with van der Waals surface area (Å²) in [6.45, 7) is 1.92. The Morgan fingerprint density at radius 2 is 1.96 bits per heavy atom. The molecule has 0 fully saturated rings. The molecule has 0 saturated heterocycles. The lowest BCUT2D eigenvalue weighted by Gasteiger charge is -2.06. The first-order valence-corrected chi connectivity index (χ1v) is 8.36. The number of aryl methyl sites for hydroxylation is 1. The van der Waals surface area contributed by atoms with Gasteiger partial charge in [0.15, 0.2) is 5.65 Å². The molecule has 0 saturated carbocycles. The predicted octanol–water partition coefficient (Wildman–Crippen LogP) is 4.02. The van der Waals surface area contributed by atoms with Crippen molar-refractivity contribution in [1.82, 2.24) is 14.6 Å². The van der Waals surface area contributed by atoms with Gasteiger partial charge in [0.2, 0.25) is 0 Å². The summed E-state index contributed by atoms with van der Waals surface area (Å²) < 4.78 is 1.76. The second kappa shape index (κ2) is 5.90. The van der Waals surface area contributed by atoms with E-state index in [0.29, 0.717) is 11.3 Å². The molecule has 118 valence electrons. The number of carbonyl (C=O) groups is 1. The Morgan fingerprint density at radius 1 is 1.12 bits per heavy atom. The topological polar surface area (TPSA) is 59.3 Å². The Morgan fingerprint density at radius 3 is 2.71 bits per heavy atom. The van der Waals surface area contributed by atoms with Crippen molar-refractivity contribution in [3.63, 3.8) is 0 Å². The van der Waals surface area contributed by atoms with Crippen molar-refractivity contribution in [2.75, 3.05) is 5.32 Å². The van der Waals surface area contributed by atoms with Crippen LogP contribution in [-0.4, -0.2) is 20.5 Å². The minimum atomic E-state index is -0.231. The van der Waals surface area contributed by atoms with Crippen LogP contribution in [0.2, 0.25) is 0 Å². The molecule has 24 heavy (non-hydrogen) atoms. The van der Waals surface area contributed by atoms with Crippen molar-refractivity contribution < 1.29 is 4.79 Å².